The molecular weight excluding hydrogens is 170 g/mol. The van der Waals surface area contributed by atoms with Crippen molar-refractivity contribution in [2.75, 3.05) is 19.5 Å². The highest BCUT2D eigenvalue weighted by Crippen LogP contribution is 2.13. The Morgan fingerprint density at radius 2 is 2.31 bits per heavy atom. The van der Waals surface area contributed by atoms with E-state index in [1.807, 2.05) is 0 Å². The normalized spacial score (nSPS) is 10.3. The second-order valence-electron chi connectivity index (χ2n) is 2.43. The molecule has 0 amide bonds. The first-order chi connectivity index (χ1) is 6.33. The van der Waals surface area contributed by atoms with E-state index in [0.717, 1.165) is 5.52 Å². The molecular formula is C7H9N5O. The smallest absolute Gasteiger partial charge is 0.295 e. The van der Waals surface area contributed by atoms with Crippen molar-refractivity contribution in [3.63, 3.8) is 0 Å². The summed E-state index contributed by atoms with van der Waals surface area (Å²) in [4.78, 5) is 15.1. The Morgan fingerprint density at radius 3 is 3.00 bits per heavy atom. The van der Waals surface area contributed by atoms with Crippen molar-refractivity contribution in [3.8, 4) is 6.01 Å². The fourth-order valence-electron chi connectivity index (χ4n) is 1.00. The van der Waals surface area contributed by atoms with Crippen molar-refractivity contribution in [1.29, 1.82) is 0 Å². The third-order valence-electron chi connectivity index (χ3n) is 1.63. The van der Waals surface area contributed by atoms with Crippen LogP contribution in [0.3, 0.4) is 0 Å². The predicted molar refractivity (Wildman–Crippen MR) is 47.8 cm³/mol. The van der Waals surface area contributed by atoms with Gasteiger partial charge in [-0.05, 0) is 0 Å². The minimum atomic E-state index is 0.442. The molecule has 0 aliphatic carbocycles. The number of hydrogen-bond donors (Lipinski definition) is 2. The summed E-state index contributed by atoms with van der Waals surface area (Å²) in [5.41, 5.74) is 1.35. The van der Waals surface area contributed by atoms with Gasteiger partial charge in [-0.3, -0.25) is 0 Å². The minimum absolute atomic E-state index is 0.442. The number of nitrogens with zero attached hydrogens (tertiary/aromatic N) is 3. The zero-order valence-corrected chi connectivity index (χ0v) is 7.33. The lowest BCUT2D eigenvalue weighted by Gasteiger charge is -1.94. The molecule has 0 spiro atoms. The average Bonchev–Trinajstić information content (AvgIpc) is 2.58. The van der Waals surface area contributed by atoms with Crippen LogP contribution in [0.2, 0.25) is 0 Å². The Labute approximate surface area is 74.4 Å². The first-order valence-electron chi connectivity index (χ1n) is 3.78. The fourth-order valence-corrected chi connectivity index (χ4v) is 1.00. The summed E-state index contributed by atoms with van der Waals surface area (Å²) < 4.78 is 4.92. The van der Waals surface area contributed by atoms with E-state index in [9.17, 15) is 0 Å². The van der Waals surface area contributed by atoms with Crippen LogP contribution in [-0.2, 0) is 0 Å². The molecule has 0 saturated heterocycles. The molecule has 0 radical (unpaired) electrons. The van der Waals surface area contributed by atoms with Crippen LogP contribution in [0.5, 0.6) is 6.01 Å². The maximum atomic E-state index is 4.92. The molecule has 0 saturated carbocycles. The molecule has 2 aromatic rings. The van der Waals surface area contributed by atoms with Crippen molar-refractivity contribution < 1.29 is 4.74 Å². The van der Waals surface area contributed by atoms with Crippen LogP contribution in [0.4, 0.5) is 5.95 Å². The zero-order chi connectivity index (χ0) is 9.26. The summed E-state index contributed by atoms with van der Waals surface area (Å²) in [6.45, 7) is 0. The number of anilines is 1. The van der Waals surface area contributed by atoms with E-state index in [4.69, 9.17) is 4.74 Å². The molecule has 0 aromatic carbocycles. The van der Waals surface area contributed by atoms with Crippen LogP contribution in [0.15, 0.2) is 6.20 Å². The molecule has 2 heterocycles. The third kappa shape index (κ3) is 1.26. The number of ether oxygens (including phenoxy) is 1. The van der Waals surface area contributed by atoms with Gasteiger partial charge < -0.3 is 15.0 Å². The molecule has 6 nitrogen and oxygen atoms in total. The number of hydrogen-bond acceptors (Lipinski definition) is 5. The van der Waals surface area contributed by atoms with E-state index in [1.165, 1.54) is 0 Å². The molecule has 0 aliphatic heterocycles. The van der Waals surface area contributed by atoms with E-state index in [1.54, 1.807) is 20.4 Å². The van der Waals surface area contributed by atoms with E-state index < -0.39 is 0 Å². The number of rotatable bonds is 2. The second kappa shape index (κ2) is 2.89. The average molecular weight is 179 g/mol. The quantitative estimate of drug-likeness (QED) is 0.698. The number of H-pyrrole nitrogens is 1. The zero-order valence-electron chi connectivity index (χ0n) is 7.33. The van der Waals surface area contributed by atoms with E-state index in [2.05, 4.69) is 25.3 Å². The molecule has 0 aliphatic rings. The molecule has 0 atom stereocenters. The standard InChI is InChI=1S/C7H9N5O/c1-8-6-9-3-4-5(11-6)12-7(10-4)13-2/h3H,1-2H3,(H2,8,9,10,11,12). The maximum Gasteiger partial charge on any atom is 0.295 e. The lowest BCUT2D eigenvalue weighted by Crippen LogP contribution is -1.95. The number of methoxy groups -OCH3 is 1. The summed E-state index contributed by atoms with van der Waals surface area (Å²) in [5.74, 6) is 0.543. The summed E-state index contributed by atoms with van der Waals surface area (Å²) >= 11 is 0. The summed E-state index contributed by atoms with van der Waals surface area (Å²) in [6.07, 6.45) is 1.66. The number of imidazole rings is 1. The molecule has 13 heavy (non-hydrogen) atoms. The van der Waals surface area contributed by atoms with E-state index in [0.29, 0.717) is 17.6 Å². The van der Waals surface area contributed by atoms with Crippen LogP contribution < -0.4 is 10.1 Å². The van der Waals surface area contributed by atoms with Gasteiger partial charge in [-0.15, -0.1) is 0 Å². The van der Waals surface area contributed by atoms with Gasteiger partial charge in [0.1, 0.15) is 5.52 Å². The van der Waals surface area contributed by atoms with Gasteiger partial charge >= 0.3 is 0 Å². The van der Waals surface area contributed by atoms with Gasteiger partial charge in [-0.25, -0.2) is 4.98 Å². The topological polar surface area (TPSA) is 75.7 Å². The van der Waals surface area contributed by atoms with Crippen LogP contribution in [0.25, 0.3) is 11.2 Å². The first-order valence-corrected chi connectivity index (χ1v) is 3.78. The third-order valence-corrected chi connectivity index (χ3v) is 1.63. The first kappa shape index (κ1) is 7.78. The van der Waals surface area contributed by atoms with Crippen molar-refractivity contribution in [2.45, 2.75) is 0 Å². The number of fused-ring (bicyclic) bond motifs is 1. The Bertz CT molecular complexity index is 422. The number of aromatic amines is 1. The SMILES string of the molecule is CNc1ncc2[nH]c(OC)nc2n1. The van der Waals surface area contributed by atoms with Gasteiger partial charge in [-0.1, -0.05) is 0 Å². The number of nitrogens with one attached hydrogen (secondary N) is 2. The maximum absolute atomic E-state index is 4.92. The van der Waals surface area contributed by atoms with Gasteiger partial charge in [0.2, 0.25) is 5.95 Å². The summed E-state index contributed by atoms with van der Waals surface area (Å²) in [7, 11) is 3.30. The Kier molecular flexibility index (Phi) is 1.73. The van der Waals surface area contributed by atoms with Gasteiger partial charge in [0.15, 0.2) is 5.65 Å². The van der Waals surface area contributed by atoms with Gasteiger partial charge in [0, 0.05) is 7.05 Å². The highest BCUT2D eigenvalue weighted by Gasteiger charge is 2.04. The van der Waals surface area contributed by atoms with Crippen LogP contribution >= 0.6 is 0 Å². The largest absolute Gasteiger partial charge is 0.468 e. The molecule has 2 N–H and O–H groups in total. The lowest BCUT2D eigenvalue weighted by atomic mass is 10.6. The Hall–Kier alpha value is -1.85. The van der Waals surface area contributed by atoms with E-state index >= 15 is 0 Å². The summed E-state index contributed by atoms with van der Waals surface area (Å²) in [5, 5.41) is 2.83. The van der Waals surface area contributed by atoms with Crippen LogP contribution in [0, 0.1) is 0 Å². The summed E-state index contributed by atoms with van der Waals surface area (Å²) in [6, 6.07) is 0.442. The molecule has 6 heteroatoms. The number of aromatic nitrogens is 4. The molecule has 2 aromatic heterocycles. The fraction of sp³-hybridized carbons (Fsp3) is 0.286. The molecule has 0 fully saturated rings. The van der Waals surface area contributed by atoms with Crippen molar-refractivity contribution >= 4 is 17.1 Å². The van der Waals surface area contributed by atoms with Gasteiger partial charge in [0.05, 0.1) is 13.3 Å². The Morgan fingerprint density at radius 1 is 1.46 bits per heavy atom. The molecule has 0 unspecified atom stereocenters. The van der Waals surface area contributed by atoms with Crippen LogP contribution in [0.1, 0.15) is 0 Å². The van der Waals surface area contributed by atoms with E-state index in [-0.39, 0.29) is 0 Å². The molecule has 0 bridgehead atoms. The highest BCUT2D eigenvalue weighted by atomic mass is 16.5. The second-order valence-corrected chi connectivity index (χ2v) is 2.43. The van der Waals surface area contributed by atoms with Crippen molar-refractivity contribution in [3.05, 3.63) is 6.20 Å². The van der Waals surface area contributed by atoms with Gasteiger partial charge in [-0.2, -0.15) is 9.97 Å². The van der Waals surface area contributed by atoms with Crippen molar-refractivity contribution in [1.82, 2.24) is 19.9 Å². The monoisotopic (exact) mass is 179 g/mol. The van der Waals surface area contributed by atoms with Gasteiger partial charge in [0.25, 0.3) is 6.01 Å². The van der Waals surface area contributed by atoms with Crippen molar-refractivity contribution in [2.24, 2.45) is 0 Å². The molecule has 68 valence electrons. The minimum Gasteiger partial charge on any atom is -0.468 e. The lowest BCUT2D eigenvalue weighted by molar-refractivity contribution is 0.386. The van der Waals surface area contributed by atoms with Crippen LogP contribution in [-0.4, -0.2) is 34.1 Å². The Balaban J connectivity index is 2.57. The highest BCUT2D eigenvalue weighted by molar-refractivity contribution is 5.71. The molecule has 2 rings (SSSR count). The predicted octanol–water partition coefficient (Wildman–Crippen LogP) is 0.403.